The number of rotatable bonds is 0. The Kier molecular flexibility index (Phi) is 2.57. The highest BCUT2D eigenvalue weighted by molar-refractivity contribution is 7.89. The highest BCUT2D eigenvalue weighted by Crippen LogP contribution is 2.41. The molecule has 0 bridgehead atoms. The number of fused-ring (bicyclic) bond motifs is 1. The van der Waals surface area contributed by atoms with Crippen molar-refractivity contribution in [2.24, 2.45) is 0 Å². The summed E-state index contributed by atoms with van der Waals surface area (Å²) in [6.45, 7) is 4.01. The third kappa shape index (κ3) is 1.72. The van der Waals surface area contributed by atoms with Gasteiger partial charge in [-0.3, -0.25) is 0 Å². The molecule has 0 saturated heterocycles. The zero-order valence-corrected chi connectivity index (χ0v) is 11.9. The molecule has 2 heterocycles. The number of carbonyl (C=O) groups excluding carboxylic acids is 1. The van der Waals surface area contributed by atoms with E-state index in [1.54, 1.807) is 13.8 Å². The summed E-state index contributed by atoms with van der Waals surface area (Å²) >= 11 is 0. The van der Waals surface area contributed by atoms with E-state index in [4.69, 9.17) is 4.74 Å². The number of para-hydroxylation sites is 1. The maximum Gasteiger partial charge on any atom is 0.337 e. The van der Waals surface area contributed by atoms with Gasteiger partial charge in [-0.1, -0.05) is 12.1 Å². The van der Waals surface area contributed by atoms with Gasteiger partial charge in [0.2, 0.25) is 0 Å². The van der Waals surface area contributed by atoms with Crippen molar-refractivity contribution >= 4 is 22.5 Å². The highest BCUT2D eigenvalue weighted by Gasteiger charge is 2.45. The maximum absolute atomic E-state index is 12.8. The molecular weight excluding hydrogens is 262 g/mol. The van der Waals surface area contributed by atoms with Crippen LogP contribution in [0.5, 0.6) is 0 Å². The first-order valence-corrected chi connectivity index (χ1v) is 7.26. The van der Waals surface area contributed by atoms with Crippen LogP contribution in [0.2, 0.25) is 0 Å². The van der Waals surface area contributed by atoms with Gasteiger partial charge in [-0.25, -0.2) is 9.00 Å². The molecule has 2 aliphatic rings. The van der Waals surface area contributed by atoms with E-state index < -0.39 is 16.4 Å². The second-order valence-electron chi connectivity index (χ2n) is 5.30. The van der Waals surface area contributed by atoms with Gasteiger partial charge in [0.1, 0.15) is 5.60 Å². The lowest BCUT2D eigenvalue weighted by molar-refractivity contribution is -0.144. The number of likely N-dealkylation sites (N-methyl/N-ethyl adjacent to an activating group) is 1. The average molecular weight is 277 g/mol. The molecule has 0 aromatic heterocycles. The number of cyclic esters (lactones) is 1. The van der Waals surface area contributed by atoms with E-state index in [2.05, 4.69) is 0 Å². The zero-order valence-electron chi connectivity index (χ0n) is 11.1. The summed E-state index contributed by atoms with van der Waals surface area (Å²) in [5.74, 6) is -0.354. The van der Waals surface area contributed by atoms with Gasteiger partial charge < -0.3 is 9.64 Å². The molecular formula is C14H15NO3S. The average Bonchev–Trinajstić information content (AvgIpc) is 2.50. The molecule has 2 aliphatic heterocycles. The lowest BCUT2D eigenvalue weighted by Gasteiger charge is -2.22. The van der Waals surface area contributed by atoms with Gasteiger partial charge >= 0.3 is 5.97 Å². The lowest BCUT2D eigenvalue weighted by Crippen LogP contribution is -2.26. The van der Waals surface area contributed by atoms with Crippen LogP contribution in [0.3, 0.4) is 0 Å². The highest BCUT2D eigenvalue weighted by atomic mass is 32.2. The molecule has 5 heteroatoms. The van der Waals surface area contributed by atoms with Crippen molar-refractivity contribution in [3.63, 3.8) is 0 Å². The summed E-state index contributed by atoms with van der Waals surface area (Å²) in [6.07, 6.45) is 0. The van der Waals surface area contributed by atoms with Gasteiger partial charge in [-0.05, 0) is 26.0 Å². The Morgan fingerprint density at radius 3 is 2.74 bits per heavy atom. The van der Waals surface area contributed by atoms with E-state index in [-0.39, 0.29) is 5.97 Å². The maximum atomic E-state index is 12.8. The van der Waals surface area contributed by atoms with Crippen LogP contribution >= 0.6 is 0 Å². The van der Waals surface area contributed by atoms with Crippen molar-refractivity contribution in [3.05, 3.63) is 34.7 Å². The van der Waals surface area contributed by atoms with Crippen LogP contribution in [-0.2, 0) is 20.3 Å². The minimum Gasteiger partial charge on any atom is -0.451 e. The van der Waals surface area contributed by atoms with Gasteiger partial charge in [-0.2, -0.15) is 0 Å². The molecule has 0 fully saturated rings. The first-order chi connectivity index (χ1) is 8.92. The van der Waals surface area contributed by atoms with Gasteiger partial charge in [0.25, 0.3) is 0 Å². The normalized spacial score (nSPS) is 24.7. The van der Waals surface area contributed by atoms with Crippen LogP contribution < -0.4 is 4.90 Å². The van der Waals surface area contributed by atoms with Crippen LogP contribution in [0.15, 0.2) is 39.6 Å². The van der Waals surface area contributed by atoms with Crippen LogP contribution in [0.25, 0.3) is 0 Å². The number of anilines is 1. The number of hydrogen-bond acceptors (Lipinski definition) is 4. The van der Waals surface area contributed by atoms with Crippen LogP contribution in [0.1, 0.15) is 13.8 Å². The Hall–Kier alpha value is -1.62. The van der Waals surface area contributed by atoms with Crippen molar-refractivity contribution in [3.8, 4) is 0 Å². The molecule has 3 rings (SSSR count). The molecule has 0 aliphatic carbocycles. The fourth-order valence-electron chi connectivity index (χ4n) is 2.63. The van der Waals surface area contributed by atoms with E-state index in [0.29, 0.717) is 17.0 Å². The Labute approximate surface area is 114 Å². The summed E-state index contributed by atoms with van der Waals surface area (Å²) in [5, 5.41) is 0. The lowest BCUT2D eigenvalue weighted by atomic mass is 10.1. The van der Waals surface area contributed by atoms with Crippen molar-refractivity contribution in [2.75, 3.05) is 18.5 Å². The molecule has 0 spiro atoms. The second-order valence-corrected chi connectivity index (χ2v) is 6.69. The Morgan fingerprint density at radius 1 is 1.32 bits per heavy atom. The molecule has 0 N–H and O–H groups in total. The van der Waals surface area contributed by atoms with E-state index in [1.165, 1.54) is 0 Å². The fraction of sp³-hybridized carbons (Fsp3) is 0.357. The summed E-state index contributed by atoms with van der Waals surface area (Å²) < 4.78 is 18.2. The van der Waals surface area contributed by atoms with Gasteiger partial charge in [-0.15, -0.1) is 0 Å². The van der Waals surface area contributed by atoms with Gasteiger partial charge in [0.05, 0.1) is 38.4 Å². The minimum absolute atomic E-state index is 0.354. The third-order valence-corrected chi connectivity index (χ3v) is 5.33. The summed E-state index contributed by atoms with van der Waals surface area (Å²) in [5.41, 5.74) is 0.635. The Balaban J connectivity index is 2.25. The second kappa shape index (κ2) is 3.93. The fourth-order valence-corrected chi connectivity index (χ4v) is 4.32. The third-order valence-electron chi connectivity index (χ3n) is 3.47. The first-order valence-electron chi connectivity index (χ1n) is 6.11. The molecule has 4 nitrogen and oxygen atoms in total. The smallest absolute Gasteiger partial charge is 0.337 e. The predicted octanol–water partition coefficient (Wildman–Crippen LogP) is 1.83. The van der Waals surface area contributed by atoms with Crippen LogP contribution in [0.4, 0.5) is 5.69 Å². The number of carbonyl (C=O) groups is 1. The first kappa shape index (κ1) is 12.4. The van der Waals surface area contributed by atoms with Gasteiger partial charge in [0.15, 0.2) is 0 Å². The molecule has 0 amide bonds. The quantitative estimate of drug-likeness (QED) is 0.679. The van der Waals surface area contributed by atoms with Crippen molar-refractivity contribution < 1.29 is 13.7 Å². The topological polar surface area (TPSA) is 46.6 Å². The predicted molar refractivity (Wildman–Crippen MR) is 73.3 cm³/mol. The Morgan fingerprint density at radius 2 is 2.00 bits per heavy atom. The molecule has 0 radical (unpaired) electrons. The largest absolute Gasteiger partial charge is 0.451 e. The molecule has 1 aromatic rings. The van der Waals surface area contributed by atoms with Crippen molar-refractivity contribution in [2.45, 2.75) is 24.3 Å². The summed E-state index contributed by atoms with van der Waals surface area (Å²) in [7, 11) is 0.537. The monoisotopic (exact) mass is 277 g/mol. The van der Waals surface area contributed by atoms with Crippen LogP contribution in [0, 0.1) is 0 Å². The Bertz CT molecular complexity index is 633. The van der Waals surface area contributed by atoms with E-state index >= 15 is 0 Å². The van der Waals surface area contributed by atoms with E-state index in [1.807, 2.05) is 36.2 Å². The van der Waals surface area contributed by atoms with E-state index in [9.17, 15) is 9.00 Å². The summed E-state index contributed by atoms with van der Waals surface area (Å²) in [6, 6.07) is 7.54. The summed E-state index contributed by atoms with van der Waals surface area (Å²) in [4.78, 5) is 15.3. The molecule has 100 valence electrons. The van der Waals surface area contributed by atoms with Gasteiger partial charge in [0, 0.05) is 7.05 Å². The molecule has 0 saturated carbocycles. The number of ether oxygens (including phenoxy) is 1. The molecule has 1 unspecified atom stereocenters. The van der Waals surface area contributed by atoms with Crippen LogP contribution in [-0.4, -0.2) is 29.4 Å². The van der Waals surface area contributed by atoms with E-state index in [0.717, 1.165) is 10.6 Å². The minimum atomic E-state index is -1.36. The number of esters is 1. The number of benzene rings is 1. The number of nitrogens with zero attached hydrogens (tertiary/aromatic N) is 1. The standard InChI is InChI=1S/C14H15NO3S/c1-14(2)12-9(13(16)18-14)8-15(3)10-6-4-5-7-11(10)19(12)17/h4-7H,8H2,1-3H3. The SMILES string of the molecule is CN1CC2=C(S(=O)c3ccccc31)C(C)(C)OC2=O. The number of hydrogen-bond donors (Lipinski definition) is 0. The zero-order chi connectivity index (χ0) is 13.8. The van der Waals surface area contributed by atoms with Crippen molar-refractivity contribution in [1.82, 2.24) is 0 Å². The van der Waals surface area contributed by atoms with Crippen molar-refractivity contribution in [1.29, 1.82) is 0 Å². The molecule has 19 heavy (non-hydrogen) atoms. The molecule has 1 aromatic carbocycles. The molecule has 1 atom stereocenters.